The number of rotatable bonds is 0. The zero-order valence-electron chi connectivity index (χ0n) is 10.4. The molecular weight excluding hydrogens is 200 g/mol. The molecule has 16 heavy (non-hydrogen) atoms. The third-order valence-corrected chi connectivity index (χ3v) is 5.17. The van der Waals surface area contributed by atoms with Crippen LogP contribution in [-0.4, -0.2) is 40.6 Å². The Morgan fingerprint density at radius 1 is 1.31 bits per heavy atom. The molecule has 1 aliphatic carbocycles. The quantitative estimate of drug-likeness (QED) is 0.678. The fourth-order valence-electron chi connectivity index (χ4n) is 4.15. The third-order valence-electron chi connectivity index (χ3n) is 5.17. The standard InChI is InChI=1S/C13H22N2O/c1-12(2)5-3-6-13(12)7-8-14-11-10(16)4-9-15(11)13/h10,16H,3-9H2,1-2H3/t10-,13-/m1/s1. The molecule has 1 saturated heterocycles. The number of aliphatic hydroxyl groups excluding tert-OH is 1. The van der Waals surface area contributed by atoms with Gasteiger partial charge in [0.25, 0.3) is 0 Å². The second kappa shape index (κ2) is 3.22. The topological polar surface area (TPSA) is 35.8 Å². The number of amidine groups is 1. The van der Waals surface area contributed by atoms with Gasteiger partial charge in [0.05, 0.1) is 0 Å². The molecule has 0 radical (unpaired) electrons. The second-order valence-electron chi connectivity index (χ2n) is 6.22. The predicted molar refractivity (Wildman–Crippen MR) is 64.6 cm³/mol. The summed E-state index contributed by atoms with van der Waals surface area (Å²) in [6.45, 7) is 6.71. The summed E-state index contributed by atoms with van der Waals surface area (Å²) in [5, 5.41) is 9.97. The number of hydrogen-bond acceptors (Lipinski definition) is 3. The van der Waals surface area contributed by atoms with Crippen LogP contribution in [0.15, 0.2) is 4.99 Å². The first-order chi connectivity index (χ1) is 7.57. The van der Waals surface area contributed by atoms with Crippen LogP contribution in [0.5, 0.6) is 0 Å². The lowest BCUT2D eigenvalue weighted by Gasteiger charge is -2.51. The third kappa shape index (κ3) is 1.15. The van der Waals surface area contributed by atoms with E-state index in [4.69, 9.17) is 0 Å². The Morgan fingerprint density at radius 3 is 2.81 bits per heavy atom. The molecule has 0 bridgehead atoms. The Balaban J connectivity index is 2.01. The fourth-order valence-corrected chi connectivity index (χ4v) is 4.15. The van der Waals surface area contributed by atoms with Crippen LogP contribution in [0, 0.1) is 5.41 Å². The summed E-state index contributed by atoms with van der Waals surface area (Å²) in [5.74, 6) is 0.987. The molecule has 1 N–H and O–H groups in total. The first kappa shape index (κ1) is 10.6. The fraction of sp³-hybridized carbons (Fsp3) is 0.923. The van der Waals surface area contributed by atoms with Crippen molar-refractivity contribution in [3.8, 4) is 0 Å². The van der Waals surface area contributed by atoms with Crippen LogP contribution in [-0.2, 0) is 0 Å². The molecule has 2 heterocycles. The smallest absolute Gasteiger partial charge is 0.129 e. The van der Waals surface area contributed by atoms with E-state index in [2.05, 4.69) is 23.7 Å². The summed E-state index contributed by atoms with van der Waals surface area (Å²) in [7, 11) is 0. The zero-order valence-corrected chi connectivity index (χ0v) is 10.4. The average Bonchev–Trinajstić information content (AvgIpc) is 2.73. The predicted octanol–water partition coefficient (Wildman–Crippen LogP) is 1.80. The SMILES string of the molecule is CC1(C)CCC[C@@]12CCN=C1[C@H](O)CCN12. The van der Waals surface area contributed by atoms with E-state index in [1.807, 2.05) is 0 Å². The van der Waals surface area contributed by atoms with Crippen LogP contribution in [0.2, 0.25) is 0 Å². The maximum Gasteiger partial charge on any atom is 0.129 e. The molecule has 3 rings (SSSR count). The molecule has 0 aromatic carbocycles. The molecular formula is C13H22N2O. The van der Waals surface area contributed by atoms with Crippen molar-refractivity contribution in [2.75, 3.05) is 13.1 Å². The van der Waals surface area contributed by atoms with Gasteiger partial charge in [0.15, 0.2) is 0 Å². The van der Waals surface area contributed by atoms with Crippen molar-refractivity contribution >= 4 is 5.84 Å². The maximum absolute atomic E-state index is 9.97. The molecule has 1 spiro atoms. The van der Waals surface area contributed by atoms with Crippen LogP contribution in [0.1, 0.15) is 46.0 Å². The van der Waals surface area contributed by atoms with E-state index in [0.717, 1.165) is 25.3 Å². The summed E-state index contributed by atoms with van der Waals surface area (Å²) in [6.07, 6.45) is 5.67. The van der Waals surface area contributed by atoms with Crippen molar-refractivity contribution in [1.82, 2.24) is 4.90 Å². The molecule has 0 amide bonds. The van der Waals surface area contributed by atoms with Crippen molar-refractivity contribution in [2.45, 2.75) is 57.6 Å². The van der Waals surface area contributed by atoms with Gasteiger partial charge in [-0.2, -0.15) is 0 Å². The zero-order chi connectivity index (χ0) is 11.4. The molecule has 0 aromatic heterocycles. The minimum atomic E-state index is -0.298. The summed E-state index contributed by atoms with van der Waals surface area (Å²) in [4.78, 5) is 7.00. The van der Waals surface area contributed by atoms with Crippen LogP contribution in [0.3, 0.4) is 0 Å². The van der Waals surface area contributed by atoms with Crippen molar-refractivity contribution in [3.63, 3.8) is 0 Å². The van der Waals surface area contributed by atoms with Gasteiger partial charge in [-0.3, -0.25) is 4.99 Å². The Kier molecular flexibility index (Phi) is 2.13. The van der Waals surface area contributed by atoms with Gasteiger partial charge in [-0.15, -0.1) is 0 Å². The summed E-state index contributed by atoms with van der Waals surface area (Å²) in [6, 6.07) is 0. The van der Waals surface area contributed by atoms with E-state index in [-0.39, 0.29) is 6.10 Å². The van der Waals surface area contributed by atoms with Gasteiger partial charge < -0.3 is 10.0 Å². The number of aliphatic imine (C=N–C) groups is 1. The minimum Gasteiger partial charge on any atom is -0.385 e. The molecule has 3 aliphatic rings. The van der Waals surface area contributed by atoms with Crippen LogP contribution < -0.4 is 0 Å². The van der Waals surface area contributed by atoms with Crippen molar-refractivity contribution in [3.05, 3.63) is 0 Å². The van der Waals surface area contributed by atoms with Crippen LogP contribution in [0.25, 0.3) is 0 Å². The highest BCUT2D eigenvalue weighted by molar-refractivity contribution is 5.89. The minimum absolute atomic E-state index is 0.293. The van der Waals surface area contributed by atoms with Gasteiger partial charge >= 0.3 is 0 Å². The first-order valence-electron chi connectivity index (χ1n) is 6.57. The van der Waals surface area contributed by atoms with Gasteiger partial charge in [-0.05, 0) is 31.1 Å². The highest BCUT2D eigenvalue weighted by Gasteiger charge is 2.56. The highest BCUT2D eigenvalue weighted by atomic mass is 16.3. The molecule has 2 aliphatic heterocycles. The van der Waals surface area contributed by atoms with Gasteiger partial charge in [0.1, 0.15) is 11.9 Å². The molecule has 2 fully saturated rings. The van der Waals surface area contributed by atoms with Crippen LogP contribution >= 0.6 is 0 Å². The summed E-state index contributed by atoms with van der Waals surface area (Å²) in [5.41, 5.74) is 0.666. The first-order valence-corrected chi connectivity index (χ1v) is 6.57. The van der Waals surface area contributed by atoms with Crippen molar-refractivity contribution < 1.29 is 5.11 Å². The Morgan fingerprint density at radius 2 is 2.12 bits per heavy atom. The molecule has 3 nitrogen and oxygen atoms in total. The number of fused-ring (bicyclic) bond motifs is 2. The normalized spacial score (nSPS) is 41.3. The second-order valence-corrected chi connectivity index (χ2v) is 6.22. The summed E-state index contributed by atoms with van der Waals surface area (Å²) < 4.78 is 0. The van der Waals surface area contributed by atoms with E-state index >= 15 is 0 Å². The lowest BCUT2D eigenvalue weighted by atomic mass is 9.71. The van der Waals surface area contributed by atoms with Crippen molar-refractivity contribution in [2.24, 2.45) is 10.4 Å². The van der Waals surface area contributed by atoms with Crippen molar-refractivity contribution in [1.29, 1.82) is 0 Å². The number of nitrogens with zero attached hydrogens (tertiary/aromatic N) is 2. The Bertz CT molecular complexity index is 337. The lowest BCUT2D eigenvalue weighted by molar-refractivity contribution is 0.0536. The average molecular weight is 222 g/mol. The van der Waals surface area contributed by atoms with Gasteiger partial charge in [0, 0.05) is 18.6 Å². The maximum atomic E-state index is 9.97. The molecule has 0 aromatic rings. The van der Waals surface area contributed by atoms with Crippen LogP contribution in [0.4, 0.5) is 0 Å². The molecule has 90 valence electrons. The molecule has 2 atom stereocenters. The van der Waals surface area contributed by atoms with E-state index in [9.17, 15) is 5.11 Å². The lowest BCUT2D eigenvalue weighted by Crippen LogP contribution is -2.59. The van der Waals surface area contributed by atoms with Gasteiger partial charge in [-0.1, -0.05) is 20.3 Å². The number of hydrogen-bond donors (Lipinski definition) is 1. The van der Waals surface area contributed by atoms with E-state index < -0.39 is 0 Å². The Labute approximate surface area is 97.6 Å². The largest absolute Gasteiger partial charge is 0.385 e. The monoisotopic (exact) mass is 222 g/mol. The van der Waals surface area contributed by atoms with E-state index in [1.54, 1.807) is 0 Å². The van der Waals surface area contributed by atoms with Gasteiger partial charge in [-0.25, -0.2) is 0 Å². The molecule has 0 unspecified atom stereocenters. The molecule has 3 heteroatoms. The molecule has 1 saturated carbocycles. The van der Waals surface area contributed by atoms with E-state index in [1.165, 1.54) is 25.7 Å². The summed E-state index contributed by atoms with van der Waals surface area (Å²) >= 11 is 0. The Hall–Kier alpha value is -0.570. The van der Waals surface area contributed by atoms with Gasteiger partial charge in [0.2, 0.25) is 0 Å². The van der Waals surface area contributed by atoms with E-state index in [0.29, 0.717) is 11.0 Å². The number of aliphatic hydroxyl groups is 1. The highest BCUT2D eigenvalue weighted by Crippen LogP contribution is 2.53.